The minimum absolute atomic E-state index is 0. The molecule has 2 N–H and O–H groups in total. The molecule has 2 aromatic rings. The van der Waals surface area contributed by atoms with Gasteiger partial charge in [0.1, 0.15) is 11.5 Å². The van der Waals surface area contributed by atoms with Gasteiger partial charge >= 0.3 is 0 Å². The zero-order valence-electron chi connectivity index (χ0n) is 18.5. The fourth-order valence-corrected chi connectivity index (χ4v) is 3.05. The first-order chi connectivity index (χ1) is 14.1. The second kappa shape index (κ2) is 13.0. The SMILES string of the molecule is CN=C(NCCc1cc(C)ccc1OC)NCc1cc(OC)c(OC)cc1OC.I. The van der Waals surface area contributed by atoms with E-state index in [2.05, 4.69) is 28.6 Å². The van der Waals surface area contributed by atoms with Gasteiger partial charge in [0.2, 0.25) is 0 Å². The van der Waals surface area contributed by atoms with Crippen molar-refractivity contribution in [3.63, 3.8) is 0 Å². The van der Waals surface area contributed by atoms with Gasteiger partial charge in [0.15, 0.2) is 17.5 Å². The molecular formula is C22H32IN3O4. The van der Waals surface area contributed by atoms with Crippen LogP contribution in [0.3, 0.4) is 0 Å². The molecule has 2 rings (SSSR count). The minimum Gasteiger partial charge on any atom is -0.496 e. The second-order valence-electron chi connectivity index (χ2n) is 6.44. The van der Waals surface area contributed by atoms with Crippen LogP contribution in [0.15, 0.2) is 35.3 Å². The lowest BCUT2D eigenvalue weighted by Gasteiger charge is -2.16. The van der Waals surface area contributed by atoms with Crippen LogP contribution in [0.5, 0.6) is 23.0 Å². The smallest absolute Gasteiger partial charge is 0.191 e. The van der Waals surface area contributed by atoms with E-state index in [0.717, 1.165) is 35.6 Å². The molecule has 0 saturated carbocycles. The summed E-state index contributed by atoms with van der Waals surface area (Å²) in [5, 5.41) is 6.64. The van der Waals surface area contributed by atoms with Crippen molar-refractivity contribution >= 4 is 29.9 Å². The van der Waals surface area contributed by atoms with Crippen molar-refractivity contribution in [2.45, 2.75) is 19.9 Å². The molecule has 0 unspecified atom stereocenters. The average Bonchev–Trinajstić information content (AvgIpc) is 2.75. The Balaban J connectivity index is 0.00000450. The Morgan fingerprint density at radius 3 is 2.03 bits per heavy atom. The quantitative estimate of drug-likeness (QED) is 0.294. The molecule has 0 aliphatic heterocycles. The topological polar surface area (TPSA) is 73.3 Å². The first-order valence-corrected chi connectivity index (χ1v) is 9.43. The number of rotatable bonds is 9. The van der Waals surface area contributed by atoms with Gasteiger partial charge < -0.3 is 29.6 Å². The van der Waals surface area contributed by atoms with E-state index >= 15 is 0 Å². The molecule has 7 nitrogen and oxygen atoms in total. The van der Waals surface area contributed by atoms with Gasteiger partial charge in [0.25, 0.3) is 0 Å². The van der Waals surface area contributed by atoms with E-state index in [4.69, 9.17) is 18.9 Å². The summed E-state index contributed by atoms with van der Waals surface area (Å²) in [6, 6.07) is 9.91. The average molecular weight is 529 g/mol. The van der Waals surface area contributed by atoms with Crippen LogP contribution < -0.4 is 29.6 Å². The molecule has 30 heavy (non-hydrogen) atoms. The molecule has 0 bridgehead atoms. The third kappa shape index (κ3) is 6.86. The van der Waals surface area contributed by atoms with E-state index in [1.165, 1.54) is 5.56 Å². The van der Waals surface area contributed by atoms with Gasteiger partial charge in [-0.2, -0.15) is 0 Å². The molecular weight excluding hydrogens is 497 g/mol. The number of benzene rings is 2. The maximum atomic E-state index is 5.48. The third-order valence-corrected chi connectivity index (χ3v) is 4.58. The number of nitrogens with zero attached hydrogens (tertiary/aromatic N) is 1. The van der Waals surface area contributed by atoms with Crippen molar-refractivity contribution < 1.29 is 18.9 Å². The largest absolute Gasteiger partial charge is 0.496 e. The summed E-state index contributed by atoms with van der Waals surface area (Å²) < 4.78 is 21.6. The minimum atomic E-state index is 0. The van der Waals surface area contributed by atoms with Crippen LogP contribution in [-0.2, 0) is 13.0 Å². The Morgan fingerprint density at radius 1 is 0.800 bits per heavy atom. The van der Waals surface area contributed by atoms with Gasteiger partial charge in [-0.05, 0) is 31.0 Å². The van der Waals surface area contributed by atoms with E-state index < -0.39 is 0 Å². The molecule has 0 radical (unpaired) electrons. The van der Waals surface area contributed by atoms with Crippen molar-refractivity contribution in [1.29, 1.82) is 0 Å². The Labute approximate surface area is 196 Å². The number of aryl methyl sites for hydroxylation is 1. The summed E-state index contributed by atoms with van der Waals surface area (Å²) in [4.78, 5) is 4.29. The van der Waals surface area contributed by atoms with E-state index in [0.29, 0.717) is 24.0 Å². The number of nitrogens with one attached hydrogen (secondary N) is 2. The molecule has 0 aliphatic rings. The van der Waals surface area contributed by atoms with Gasteiger partial charge in [0.05, 0.1) is 28.4 Å². The maximum absolute atomic E-state index is 5.48. The van der Waals surface area contributed by atoms with Crippen LogP contribution in [0.1, 0.15) is 16.7 Å². The van der Waals surface area contributed by atoms with Gasteiger partial charge in [0, 0.05) is 31.8 Å². The van der Waals surface area contributed by atoms with Crippen LogP contribution in [0.25, 0.3) is 0 Å². The van der Waals surface area contributed by atoms with Crippen LogP contribution in [0.4, 0.5) is 0 Å². The number of halogens is 1. The fraction of sp³-hybridized carbons (Fsp3) is 0.409. The Kier molecular flexibility index (Phi) is 11.2. The van der Waals surface area contributed by atoms with Crippen molar-refractivity contribution in [2.75, 3.05) is 42.0 Å². The summed E-state index contributed by atoms with van der Waals surface area (Å²) >= 11 is 0. The number of hydrogen-bond donors (Lipinski definition) is 2. The molecule has 0 aliphatic carbocycles. The number of ether oxygens (including phenoxy) is 4. The number of methoxy groups -OCH3 is 4. The summed E-state index contributed by atoms with van der Waals surface area (Å²) in [6.45, 7) is 3.33. The molecule has 0 amide bonds. The highest BCUT2D eigenvalue weighted by molar-refractivity contribution is 14.0. The fourth-order valence-electron chi connectivity index (χ4n) is 3.05. The lowest BCUT2D eigenvalue weighted by atomic mass is 10.1. The zero-order chi connectivity index (χ0) is 21.2. The Bertz CT molecular complexity index is 843. The summed E-state index contributed by atoms with van der Waals surface area (Å²) in [5.41, 5.74) is 3.31. The molecule has 8 heteroatoms. The number of hydrogen-bond acceptors (Lipinski definition) is 5. The van der Waals surface area contributed by atoms with E-state index in [1.807, 2.05) is 24.3 Å². The van der Waals surface area contributed by atoms with E-state index in [9.17, 15) is 0 Å². The van der Waals surface area contributed by atoms with Gasteiger partial charge in [-0.3, -0.25) is 4.99 Å². The van der Waals surface area contributed by atoms with Crippen LogP contribution in [0, 0.1) is 6.92 Å². The Morgan fingerprint density at radius 2 is 1.43 bits per heavy atom. The zero-order valence-corrected chi connectivity index (χ0v) is 20.8. The molecule has 0 atom stereocenters. The number of guanidine groups is 1. The molecule has 0 heterocycles. The number of aliphatic imine (C=N–C) groups is 1. The summed E-state index contributed by atoms with van der Waals surface area (Å²) in [5.74, 6) is 3.60. The highest BCUT2D eigenvalue weighted by Crippen LogP contribution is 2.34. The molecule has 0 fully saturated rings. The molecule has 166 valence electrons. The second-order valence-corrected chi connectivity index (χ2v) is 6.44. The van der Waals surface area contributed by atoms with Gasteiger partial charge in [-0.25, -0.2) is 0 Å². The van der Waals surface area contributed by atoms with Gasteiger partial charge in [-0.15, -0.1) is 24.0 Å². The van der Waals surface area contributed by atoms with E-state index in [1.54, 1.807) is 35.5 Å². The molecule has 0 spiro atoms. The monoisotopic (exact) mass is 529 g/mol. The van der Waals surface area contributed by atoms with Crippen LogP contribution >= 0.6 is 24.0 Å². The van der Waals surface area contributed by atoms with Crippen LogP contribution in [-0.4, -0.2) is 48.0 Å². The first kappa shape index (κ1) is 25.7. The first-order valence-electron chi connectivity index (χ1n) is 9.43. The van der Waals surface area contributed by atoms with Crippen molar-refractivity contribution in [1.82, 2.24) is 10.6 Å². The highest BCUT2D eigenvalue weighted by Gasteiger charge is 2.12. The standard InChI is InChI=1S/C22H31N3O4.HI/c1-15-7-8-18(26-3)16(11-15)9-10-24-22(23-2)25-14-17-12-20(28-5)21(29-6)13-19(17)27-4;/h7-8,11-13H,9-10,14H2,1-6H3,(H2,23,24,25);1H. The van der Waals surface area contributed by atoms with Crippen LogP contribution in [0.2, 0.25) is 0 Å². The normalized spacial score (nSPS) is 10.7. The summed E-state index contributed by atoms with van der Waals surface area (Å²) in [7, 11) is 8.28. The predicted octanol–water partition coefficient (Wildman–Crippen LogP) is 3.56. The molecule has 0 aromatic heterocycles. The highest BCUT2D eigenvalue weighted by atomic mass is 127. The van der Waals surface area contributed by atoms with E-state index in [-0.39, 0.29) is 24.0 Å². The predicted molar refractivity (Wildman–Crippen MR) is 131 cm³/mol. The van der Waals surface area contributed by atoms with Crippen molar-refractivity contribution in [3.05, 3.63) is 47.0 Å². The molecule has 2 aromatic carbocycles. The molecule has 0 saturated heterocycles. The van der Waals surface area contributed by atoms with Crippen molar-refractivity contribution in [2.24, 2.45) is 4.99 Å². The van der Waals surface area contributed by atoms with Crippen molar-refractivity contribution in [3.8, 4) is 23.0 Å². The lowest BCUT2D eigenvalue weighted by Crippen LogP contribution is -2.38. The Hall–Kier alpha value is -2.36. The third-order valence-electron chi connectivity index (χ3n) is 4.58. The lowest BCUT2D eigenvalue weighted by molar-refractivity contribution is 0.347. The van der Waals surface area contributed by atoms with Gasteiger partial charge in [-0.1, -0.05) is 17.7 Å². The summed E-state index contributed by atoms with van der Waals surface area (Å²) in [6.07, 6.45) is 0.825. The maximum Gasteiger partial charge on any atom is 0.191 e.